The van der Waals surface area contributed by atoms with Crippen molar-refractivity contribution < 1.29 is 13.2 Å². The maximum Gasteiger partial charge on any atom is 0.390 e. The van der Waals surface area contributed by atoms with Crippen molar-refractivity contribution in [3.8, 4) is 0 Å². The molecule has 0 bridgehead atoms. The number of fused-ring (bicyclic) bond motifs is 1. The first kappa shape index (κ1) is 14.6. The summed E-state index contributed by atoms with van der Waals surface area (Å²) in [6.45, 7) is 2.86. The van der Waals surface area contributed by atoms with Crippen LogP contribution in [0.1, 0.15) is 6.42 Å². The summed E-state index contributed by atoms with van der Waals surface area (Å²) in [6, 6.07) is 8.06. The van der Waals surface area contributed by atoms with Crippen molar-refractivity contribution in [2.75, 3.05) is 37.6 Å². The molecule has 0 spiro atoms. The van der Waals surface area contributed by atoms with E-state index >= 15 is 0 Å². The van der Waals surface area contributed by atoms with Crippen molar-refractivity contribution in [1.82, 2.24) is 9.27 Å². The van der Waals surface area contributed by atoms with Gasteiger partial charge in [-0.3, -0.25) is 4.90 Å². The Balaban J connectivity index is 1.61. The van der Waals surface area contributed by atoms with Gasteiger partial charge in [0.2, 0.25) is 0 Å². The fourth-order valence-corrected chi connectivity index (χ4v) is 3.36. The molecule has 1 aromatic heterocycles. The molecule has 1 aliphatic heterocycles. The molecule has 114 valence electrons. The largest absolute Gasteiger partial charge is 0.390 e. The lowest BCUT2D eigenvalue weighted by Crippen LogP contribution is -2.47. The SMILES string of the molecule is FC(F)(F)CCN1CCN(c2nsc3ccccc23)CC1. The number of piperazine rings is 1. The van der Waals surface area contributed by atoms with E-state index in [0.29, 0.717) is 13.1 Å². The van der Waals surface area contributed by atoms with Crippen LogP contribution in [-0.4, -0.2) is 48.2 Å². The number of halogens is 3. The highest BCUT2D eigenvalue weighted by atomic mass is 32.1. The van der Waals surface area contributed by atoms with Crippen molar-refractivity contribution in [2.24, 2.45) is 0 Å². The van der Waals surface area contributed by atoms with E-state index in [1.54, 1.807) is 0 Å². The van der Waals surface area contributed by atoms with Crippen LogP contribution in [0.5, 0.6) is 0 Å². The molecular weight excluding hydrogens is 299 g/mol. The first-order chi connectivity index (χ1) is 10.0. The van der Waals surface area contributed by atoms with Gasteiger partial charge >= 0.3 is 6.18 Å². The predicted octanol–water partition coefficient (Wildman–Crippen LogP) is 3.37. The molecule has 0 amide bonds. The van der Waals surface area contributed by atoms with Crippen molar-refractivity contribution >= 4 is 27.4 Å². The van der Waals surface area contributed by atoms with Crippen molar-refractivity contribution in [3.05, 3.63) is 24.3 Å². The number of hydrogen-bond donors (Lipinski definition) is 0. The van der Waals surface area contributed by atoms with Crippen LogP contribution in [0.2, 0.25) is 0 Å². The summed E-state index contributed by atoms with van der Waals surface area (Å²) in [5, 5.41) is 1.13. The Morgan fingerprint density at radius 3 is 2.52 bits per heavy atom. The van der Waals surface area contributed by atoms with Gasteiger partial charge in [0.15, 0.2) is 0 Å². The highest BCUT2D eigenvalue weighted by Gasteiger charge is 2.29. The second-order valence-corrected chi connectivity index (χ2v) is 6.00. The molecule has 7 heteroatoms. The smallest absolute Gasteiger partial charge is 0.353 e. The highest BCUT2D eigenvalue weighted by Crippen LogP contribution is 2.30. The maximum atomic E-state index is 12.2. The lowest BCUT2D eigenvalue weighted by Gasteiger charge is -2.35. The summed E-state index contributed by atoms with van der Waals surface area (Å²) >= 11 is 1.47. The summed E-state index contributed by atoms with van der Waals surface area (Å²) in [5.41, 5.74) is 0. The lowest BCUT2D eigenvalue weighted by atomic mass is 10.2. The van der Waals surface area contributed by atoms with E-state index in [4.69, 9.17) is 0 Å². The van der Waals surface area contributed by atoms with Gasteiger partial charge in [-0.15, -0.1) is 0 Å². The van der Waals surface area contributed by atoms with E-state index < -0.39 is 12.6 Å². The number of benzene rings is 1. The van der Waals surface area contributed by atoms with Crippen molar-refractivity contribution in [3.63, 3.8) is 0 Å². The molecule has 3 nitrogen and oxygen atoms in total. The van der Waals surface area contributed by atoms with Gasteiger partial charge in [-0.25, -0.2) is 0 Å². The van der Waals surface area contributed by atoms with Gasteiger partial charge in [-0.1, -0.05) is 12.1 Å². The van der Waals surface area contributed by atoms with Gasteiger partial charge in [0.25, 0.3) is 0 Å². The Hall–Kier alpha value is -1.34. The van der Waals surface area contributed by atoms with Gasteiger partial charge in [-0.2, -0.15) is 17.5 Å². The molecule has 1 fully saturated rings. The Morgan fingerprint density at radius 2 is 1.81 bits per heavy atom. The Kier molecular flexibility index (Phi) is 4.03. The molecule has 1 aliphatic rings. The Labute approximate surface area is 125 Å². The first-order valence-corrected chi connectivity index (χ1v) is 7.69. The van der Waals surface area contributed by atoms with Gasteiger partial charge in [0, 0.05) is 38.1 Å². The van der Waals surface area contributed by atoms with Crippen LogP contribution in [0, 0.1) is 0 Å². The minimum absolute atomic E-state index is 0.0924. The van der Waals surface area contributed by atoms with Gasteiger partial charge in [0.05, 0.1) is 11.1 Å². The normalized spacial score (nSPS) is 17.6. The summed E-state index contributed by atoms with van der Waals surface area (Å²) in [7, 11) is 0. The predicted molar refractivity (Wildman–Crippen MR) is 78.9 cm³/mol. The van der Waals surface area contributed by atoms with Gasteiger partial charge in [-0.05, 0) is 23.7 Å². The molecule has 0 N–H and O–H groups in total. The standard InChI is InChI=1S/C14H16F3N3S/c15-14(16,17)5-6-19-7-9-20(10-8-19)13-11-3-1-2-4-12(11)21-18-13/h1-4H,5-10H2. The van der Waals surface area contributed by atoms with Crippen LogP contribution in [0.15, 0.2) is 24.3 Å². The van der Waals surface area contributed by atoms with Crippen LogP contribution >= 0.6 is 11.5 Å². The molecule has 0 atom stereocenters. The Morgan fingerprint density at radius 1 is 1.10 bits per heavy atom. The number of alkyl halides is 3. The molecule has 1 saturated heterocycles. The van der Waals surface area contributed by atoms with Gasteiger partial charge in [0.1, 0.15) is 5.82 Å². The summed E-state index contributed by atoms with van der Waals surface area (Å²) in [4.78, 5) is 4.04. The fraction of sp³-hybridized carbons (Fsp3) is 0.500. The molecular formula is C14H16F3N3S. The average molecular weight is 315 g/mol. The second kappa shape index (κ2) is 5.81. The molecule has 0 unspecified atom stereocenters. The van der Waals surface area contributed by atoms with Crippen molar-refractivity contribution in [2.45, 2.75) is 12.6 Å². The number of anilines is 1. The van der Waals surface area contributed by atoms with E-state index in [-0.39, 0.29) is 6.54 Å². The maximum absolute atomic E-state index is 12.2. The molecule has 1 aromatic carbocycles. The van der Waals surface area contributed by atoms with Crippen molar-refractivity contribution in [1.29, 1.82) is 0 Å². The van der Waals surface area contributed by atoms with Gasteiger partial charge < -0.3 is 4.90 Å². The average Bonchev–Trinajstić information content (AvgIpc) is 2.89. The van der Waals surface area contributed by atoms with E-state index in [0.717, 1.165) is 29.0 Å². The summed E-state index contributed by atoms with van der Waals surface area (Å²) < 4.78 is 42.4. The van der Waals surface area contributed by atoms with E-state index in [9.17, 15) is 13.2 Å². The molecule has 0 radical (unpaired) electrons. The first-order valence-electron chi connectivity index (χ1n) is 6.91. The summed E-state index contributed by atoms with van der Waals surface area (Å²) in [6.07, 6.45) is -4.80. The third kappa shape index (κ3) is 3.47. The third-order valence-electron chi connectivity index (χ3n) is 3.74. The van der Waals surface area contributed by atoms with Crippen LogP contribution in [0.25, 0.3) is 10.1 Å². The lowest BCUT2D eigenvalue weighted by molar-refractivity contribution is -0.138. The topological polar surface area (TPSA) is 19.4 Å². The fourth-order valence-electron chi connectivity index (χ4n) is 2.57. The summed E-state index contributed by atoms with van der Waals surface area (Å²) in [5.74, 6) is 0.964. The Bertz CT molecular complexity index is 603. The molecule has 21 heavy (non-hydrogen) atoms. The van der Waals surface area contributed by atoms with E-state index in [1.807, 2.05) is 29.2 Å². The quantitative estimate of drug-likeness (QED) is 0.866. The zero-order valence-corrected chi connectivity index (χ0v) is 12.3. The van der Waals surface area contributed by atoms with E-state index in [2.05, 4.69) is 9.27 Å². The third-order valence-corrected chi connectivity index (χ3v) is 4.56. The van der Waals surface area contributed by atoms with Crippen LogP contribution in [0.4, 0.5) is 19.0 Å². The minimum atomic E-state index is -4.07. The number of aromatic nitrogens is 1. The van der Waals surface area contributed by atoms with Crippen LogP contribution in [-0.2, 0) is 0 Å². The highest BCUT2D eigenvalue weighted by molar-refractivity contribution is 7.13. The van der Waals surface area contributed by atoms with E-state index in [1.165, 1.54) is 11.5 Å². The molecule has 0 saturated carbocycles. The minimum Gasteiger partial charge on any atom is -0.353 e. The molecule has 2 aromatic rings. The number of nitrogens with zero attached hydrogens (tertiary/aromatic N) is 3. The zero-order valence-electron chi connectivity index (χ0n) is 11.4. The van der Waals surface area contributed by atoms with Crippen LogP contribution < -0.4 is 4.90 Å². The second-order valence-electron chi connectivity index (χ2n) is 5.20. The zero-order chi connectivity index (χ0) is 14.9. The molecule has 2 heterocycles. The monoisotopic (exact) mass is 315 g/mol. The molecule has 0 aliphatic carbocycles. The van der Waals surface area contributed by atoms with Crippen LogP contribution in [0.3, 0.4) is 0 Å². The number of rotatable bonds is 3. The number of hydrogen-bond acceptors (Lipinski definition) is 4. The molecule has 3 rings (SSSR count).